The van der Waals surface area contributed by atoms with E-state index in [0.717, 1.165) is 6.42 Å². The van der Waals surface area contributed by atoms with Crippen molar-refractivity contribution in [2.24, 2.45) is 23.7 Å². The highest BCUT2D eigenvalue weighted by Crippen LogP contribution is 2.53. The van der Waals surface area contributed by atoms with Gasteiger partial charge in [0.15, 0.2) is 6.61 Å². The number of methoxy groups -OCH3 is 2. The molecule has 35 heavy (non-hydrogen) atoms. The molecule has 3 amide bonds. The molecule has 2 fully saturated rings. The first-order valence-corrected chi connectivity index (χ1v) is 11.3. The van der Waals surface area contributed by atoms with Crippen LogP contribution >= 0.6 is 0 Å². The minimum atomic E-state index is -0.706. The average Bonchev–Trinajstić information content (AvgIpc) is 3.56. The molecule has 1 aliphatic heterocycles. The highest BCUT2D eigenvalue weighted by atomic mass is 16.5. The van der Waals surface area contributed by atoms with Gasteiger partial charge in [0, 0.05) is 6.07 Å². The van der Waals surface area contributed by atoms with E-state index < -0.39 is 18.5 Å². The summed E-state index contributed by atoms with van der Waals surface area (Å²) in [5, 5.41) is 2.62. The number of hydrogen-bond donors (Lipinski definition) is 1. The predicted molar refractivity (Wildman–Crippen MR) is 125 cm³/mol. The molecular formula is C26H24N2O7. The van der Waals surface area contributed by atoms with Crippen LogP contribution in [0, 0.1) is 23.7 Å². The molecule has 9 heteroatoms. The van der Waals surface area contributed by atoms with Gasteiger partial charge in [-0.2, -0.15) is 0 Å². The number of hydrogen-bond acceptors (Lipinski definition) is 7. The number of allylic oxidation sites excluding steroid dienone is 2. The number of nitrogens with zero attached hydrogens (tertiary/aromatic N) is 1. The van der Waals surface area contributed by atoms with E-state index in [1.54, 1.807) is 30.3 Å². The summed E-state index contributed by atoms with van der Waals surface area (Å²) in [6.45, 7) is -0.511. The molecule has 2 aliphatic carbocycles. The van der Waals surface area contributed by atoms with Crippen molar-refractivity contribution >= 4 is 35.1 Å². The van der Waals surface area contributed by atoms with Gasteiger partial charge in [-0.15, -0.1) is 0 Å². The lowest BCUT2D eigenvalue weighted by Gasteiger charge is -2.17. The monoisotopic (exact) mass is 476 g/mol. The highest BCUT2D eigenvalue weighted by molar-refractivity contribution is 6.22. The minimum absolute atomic E-state index is 0.129. The molecule has 2 aromatic carbocycles. The van der Waals surface area contributed by atoms with Crippen LogP contribution in [0.25, 0.3) is 0 Å². The molecule has 3 aliphatic rings. The Hall–Kier alpha value is -4.14. The third-order valence-corrected chi connectivity index (χ3v) is 6.85. The lowest BCUT2D eigenvalue weighted by atomic mass is 9.85. The Morgan fingerprint density at radius 2 is 1.60 bits per heavy atom. The summed E-state index contributed by atoms with van der Waals surface area (Å²) in [6.07, 6.45) is 4.95. The van der Waals surface area contributed by atoms with Crippen molar-refractivity contribution in [3.63, 3.8) is 0 Å². The number of ether oxygens (including phenoxy) is 3. The van der Waals surface area contributed by atoms with Crippen LogP contribution in [0.3, 0.4) is 0 Å². The molecule has 0 spiro atoms. The van der Waals surface area contributed by atoms with Gasteiger partial charge in [-0.3, -0.25) is 19.3 Å². The zero-order valence-corrected chi connectivity index (χ0v) is 19.2. The van der Waals surface area contributed by atoms with Crippen LogP contribution in [-0.2, 0) is 19.1 Å². The number of nitrogens with one attached hydrogen (secondary N) is 1. The number of esters is 1. The zero-order chi connectivity index (χ0) is 24.7. The summed E-state index contributed by atoms with van der Waals surface area (Å²) in [6, 6.07) is 11.0. The van der Waals surface area contributed by atoms with E-state index in [1.165, 1.54) is 31.3 Å². The fourth-order valence-electron chi connectivity index (χ4n) is 5.22. The molecule has 0 unspecified atom stereocenters. The Labute approximate surface area is 201 Å². The Kier molecular flexibility index (Phi) is 5.76. The van der Waals surface area contributed by atoms with E-state index >= 15 is 0 Å². The SMILES string of the molecule is COc1ccc(OC)c(NC(=O)COC(=O)c2ccc(N3C(=O)[C@H]4[C@H](C3=O)[C@H]3C=C[C@H]4C3)cc2)c1. The summed E-state index contributed by atoms with van der Waals surface area (Å²) >= 11 is 0. The van der Waals surface area contributed by atoms with Crippen LogP contribution in [-0.4, -0.2) is 44.5 Å². The van der Waals surface area contributed by atoms with Gasteiger partial charge in [0.05, 0.1) is 43.0 Å². The second-order valence-corrected chi connectivity index (χ2v) is 8.75. The first-order chi connectivity index (χ1) is 16.9. The molecule has 1 saturated carbocycles. The van der Waals surface area contributed by atoms with E-state index in [2.05, 4.69) is 5.32 Å². The summed E-state index contributed by atoms with van der Waals surface area (Å²) in [5.74, 6) is -0.985. The third kappa shape index (κ3) is 3.92. The molecule has 0 radical (unpaired) electrons. The molecule has 0 aromatic heterocycles. The predicted octanol–water partition coefficient (Wildman–Crippen LogP) is 2.81. The van der Waals surface area contributed by atoms with Crippen LogP contribution in [0.1, 0.15) is 16.8 Å². The fourth-order valence-corrected chi connectivity index (χ4v) is 5.22. The van der Waals surface area contributed by atoms with E-state index in [-0.39, 0.29) is 41.0 Å². The van der Waals surface area contributed by atoms with Crippen molar-refractivity contribution in [3.8, 4) is 11.5 Å². The number of benzene rings is 2. The zero-order valence-electron chi connectivity index (χ0n) is 19.2. The van der Waals surface area contributed by atoms with Gasteiger partial charge >= 0.3 is 5.97 Å². The number of rotatable bonds is 7. The fraction of sp³-hybridized carbons (Fsp3) is 0.308. The summed E-state index contributed by atoms with van der Waals surface area (Å²) in [4.78, 5) is 51.8. The quantitative estimate of drug-likeness (QED) is 0.372. The summed E-state index contributed by atoms with van der Waals surface area (Å²) in [7, 11) is 2.97. The Morgan fingerprint density at radius 1 is 0.943 bits per heavy atom. The van der Waals surface area contributed by atoms with Crippen molar-refractivity contribution in [1.82, 2.24) is 0 Å². The van der Waals surface area contributed by atoms with Gasteiger partial charge in [-0.25, -0.2) is 4.79 Å². The second-order valence-electron chi connectivity index (χ2n) is 8.75. The molecule has 2 bridgehead atoms. The van der Waals surface area contributed by atoms with Crippen molar-refractivity contribution in [1.29, 1.82) is 0 Å². The van der Waals surface area contributed by atoms with Gasteiger partial charge in [0.25, 0.3) is 5.91 Å². The molecule has 180 valence electrons. The minimum Gasteiger partial charge on any atom is -0.497 e. The maximum atomic E-state index is 12.9. The van der Waals surface area contributed by atoms with Gasteiger partial charge in [0.1, 0.15) is 11.5 Å². The third-order valence-electron chi connectivity index (χ3n) is 6.85. The maximum Gasteiger partial charge on any atom is 0.338 e. The van der Waals surface area contributed by atoms with E-state index in [9.17, 15) is 19.2 Å². The van der Waals surface area contributed by atoms with Gasteiger partial charge in [-0.1, -0.05) is 12.2 Å². The Morgan fingerprint density at radius 3 is 2.20 bits per heavy atom. The molecule has 2 aromatic rings. The summed E-state index contributed by atoms with van der Waals surface area (Å²) < 4.78 is 15.5. The number of carbonyl (C=O) groups is 4. The standard InChI is InChI=1S/C26H24N2O7/c1-33-18-9-10-20(34-2)19(12-18)27-21(29)13-35-26(32)14-5-7-17(8-6-14)28-24(30)22-15-3-4-16(11-15)23(22)25(28)31/h3-10,12,15-16,22-23H,11,13H2,1-2H3,(H,27,29)/t15-,16-,22+,23+/m0/s1. The molecule has 1 N–H and O–H groups in total. The molecule has 4 atom stereocenters. The molecule has 1 saturated heterocycles. The molecular weight excluding hydrogens is 452 g/mol. The topological polar surface area (TPSA) is 111 Å². The number of anilines is 2. The van der Waals surface area contributed by atoms with Crippen LogP contribution in [0.5, 0.6) is 11.5 Å². The van der Waals surface area contributed by atoms with Crippen molar-refractivity contribution in [2.45, 2.75) is 6.42 Å². The van der Waals surface area contributed by atoms with E-state index in [4.69, 9.17) is 14.2 Å². The Bertz CT molecular complexity index is 1210. The Balaban J connectivity index is 1.20. The lowest BCUT2D eigenvalue weighted by molar-refractivity contribution is -0.123. The summed E-state index contributed by atoms with van der Waals surface area (Å²) in [5.41, 5.74) is 1.00. The maximum absolute atomic E-state index is 12.9. The van der Waals surface area contributed by atoms with E-state index in [0.29, 0.717) is 22.9 Å². The highest BCUT2D eigenvalue weighted by Gasteiger charge is 2.59. The molecule has 5 rings (SSSR count). The van der Waals surface area contributed by atoms with Crippen molar-refractivity contribution in [3.05, 3.63) is 60.2 Å². The average molecular weight is 476 g/mol. The molecule has 1 heterocycles. The van der Waals surface area contributed by atoms with Gasteiger partial charge in [-0.05, 0) is 54.7 Å². The van der Waals surface area contributed by atoms with Gasteiger partial charge < -0.3 is 19.5 Å². The first-order valence-electron chi connectivity index (χ1n) is 11.3. The van der Waals surface area contributed by atoms with Crippen LogP contribution < -0.4 is 19.7 Å². The lowest BCUT2D eigenvalue weighted by Crippen LogP contribution is -2.32. The smallest absolute Gasteiger partial charge is 0.338 e. The van der Waals surface area contributed by atoms with Crippen molar-refractivity contribution in [2.75, 3.05) is 31.0 Å². The van der Waals surface area contributed by atoms with Crippen LogP contribution in [0.15, 0.2) is 54.6 Å². The second kappa shape index (κ2) is 8.90. The van der Waals surface area contributed by atoms with Crippen LogP contribution in [0.2, 0.25) is 0 Å². The number of imide groups is 1. The van der Waals surface area contributed by atoms with Gasteiger partial charge in [0.2, 0.25) is 11.8 Å². The normalized spacial score (nSPS) is 23.9. The van der Waals surface area contributed by atoms with Crippen molar-refractivity contribution < 1.29 is 33.4 Å². The largest absolute Gasteiger partial charge is 0.497 e. The molecule has 9 nitrogen and oxygen atoms in total. The number of amides is 3. The number of carbonyl (C=O) groups excluding carboxylic acids is 4. The van der Waals surface area contributed by atoms with Crippen LogP contribution in [0.4, 0.5) is 11.4 Å². The first kappa shape index (κ1) is 22.6. The van der Waals surface area contributed by atoms with E-state index in [1.807, 2.05) is 12.2 Å². The number of fused-ring (bicyclic) bond motifs is 5.